The Morgan fingerprint density at radius 3 is 2.67 bits per heavy atom. The molecule has 1 fully saturated rings. The Kier molecular flexibility index (Phi) is 4.86. The van der Waals surface area contributed by atoms with E-state index in [1.165, 1.54) is 17.6 Å². The number of nitrogens with two attached hydrogens (primary N) is 2. The van der Waals surface area contributed by atoms with Gasteiger partial charge in [0, 0.05) is 18.3 Å². The molecular weight excluding hydrogens is 407 g/mol. The fraction of sp³-hybridized carbons (Fsp3) is 0.200. The van der Waals surface area contributed by atoms with Crippen molar-refractivity contribution in [3.63, 3.8) is 0 Å². The van der Waals surface area contributed by atoms with Crippen molar-refractivity contribution in [1.82, 2.24) is 9.36 Å². The minimum atomic E-state index is -1.14. The van der Waals surface area contributed by atoms with Crippen LogP contribution in [0.15, 0.2) is 42.7 Å². The highest BCUT2D eigenvalue weighted by atomic mass is 32.1. The predicted molar refractivity (Wildman–Crippen MR) is 112 cm³/mol. The largest absolute Gasteiger partial charge is 0.368 e. The maximum atomic E-state index is 14.8. The Morgan fingerprint density at radius 2 is 2.07 bits per heavy atom. The molecule has 0 saturated heterocycles. The van der Waals surface area contributed by atoms with Crippen molar-refractivity contribution in [2.45, 2.75) is 24.8 Å². The number of hydrogen-bond acceptors (Lipinski definition) is 7. The molecule has 1 aliphatic rings. The molecule has 30 heavy (non-hydrogen) atoms. The van der Waals surface area contributed by atoms with Gasteiger partial charge in [0.2, 0.25) is 5.91 Å². The smallest absolute Gasteiger partial charge is 0.250 e. The molecule has 0 bridgehead atoms. The Bertz CT molecular complexity index is 1140. The second-order valence-electron chi connectivity index (χ2n) is 7.20. The quantitative estimate of drug-likeness (QED) is 0.459. The van der Waals surface area contributed by atoms with Gasteiger partial charge >= 0.3 is 0 Å². The molecule has 2 heterocycles. The van der Waals surface area contributed by atoms with Crippen LogP contribution in [0.1, 0.15) is 34.0 Å². The van der Waals surface area contributed by atoms with Crippen molar-refractivity contribution in [1.29, 1.82) is 0 Å². The molecule has 0 aliphatic heterocycles. The Labute approximate surface area is 175 Å². The number of anilines is 3. The zero-order valence-corrected chi connectivity index (χ0v) is 16.8. The molecule has 0 radical (unpaired) electrons. The van der Waals surface area contributed by atoms with Gasteiger partial charge < -0.3 is 22.1 Å². The van der Waals surface area contributed by atoms with Crippen LogP contribution in [-0.2, 0) is 4.79 Å². The maximum Gasteiger partial charge on any atom is 0.250 e. The van der Waals surface area contributed by atoms with E-state index < -0.39 is 23.2 Å². The van der Waals surface area contributed by atoms with E-state index >= 15 is 0 Å². The number of nitrogens with zero attached hydrogens (tertiary/aromatic N) is 2. The van der Waals surface area contributed by atoms with E-state index in [4.69, 9.17) is 11.5 Å². The average molecular weight is 426 g/mol. The van der Waals surface area contributed by atoms with Crippen molar-refractivity contribution in [2.24, 2.45) is 11.5 Å². The molecule has 6 N–H and O–H groups in total. The number of halogens is 1. The highest BCUT2D eigenvalue weighted by molar-refractivity contribution is 7.10. The fourth-order valence-corrected chi connectivity index (χ4v) is 4.17. The first-order valence-electron chi connectivity index (χ1n) is 9.12. The molecule has 0 spiro atoms. The van der Waals surface area contributed by atoms with E-state index in [2.05, 4.69) is 20.0 Å². The average Bonchev–Trinajstić information content (AvgIpc) is 3.31. The van der Waals surface area contributed by atoms with Gasteiger partial charge in [0.1, 0.15) is 16.4 Å². The number of carbonyl (C=O) groups excluding carboxylic acids is 2. The number of hydrogen-bond donors (Lipinski definition) is 4. The van der Waals surface area contributed by atoms with Crippen LogP contribution in [0.25, 0.3) is 0 Å². The summed E-state index contributed by atoms with van der Waals surface area (Å²) in [6, 6.07) is 7.84. The lowest BCUT2D eigenvalue weighted by molar-refractivity contribution is -0.119. The monoisotopic (exact) mass is 426 g/mol. The maximum absolute atomic E-state index is 14.8. The molecule has 1 saturated carbocycles. The number of nitrogens with one attached hydrogen (secondary N) is 2. The summed E-state index contributed by atoms with van der Waals surface area (Å²) in [7, 11) is 0. The first-order valence-corrected chi connectivity index (χ1v) is 9.89. The number of benzene rings is 1. The van der Waals surface area contributed by atoms with Gasteiger partial charge in [-0.1, -0.05) is 6.07 Å². The molecule has 1 aliphatic carbocycles. The molecule has 4 rings (SSSR count). The van der Waals surface area contributed by atoms with Crippen LogP contribution >= 0.6 is 11.5 Å². The molecule has 3 aromatic rings. The van der Waals surface area contributed by atoms with E-state index in [0.29, 0.717) is 17.1 Å². The topological polar surface area (TPSA) is 136 Å². The normalized spacial score (nSPS) is 19.9. The minimum absolute atomic E-state index is 0.0168. The number of primary amides is 2. The van der Waals surface area contributed by atoms with Gasteiger partial charge in [-0.25, -0.2) is 4.39 Å². The van der Waals surface area contributed by atoms with Crippen molar-refractivity contribution >= 4 is 39.7 Å². The van der Waals surface area contributed by atoms with Gasteiger partial charge in [-0.05, 0) is 54.7 Å². The molecule has 2 amide bonds. The molecule has 10 heteroatoms. The second kappa shape index (κ2) is 7.38. The van der Waals surface area contributed by atoms with Crippen molar-refractivity contribution in [3.05, 3.63) is 65.4 Å². The molecule has 0 unspecified atom stereocenters. The van der Waals surface area contributed by atoms with Gasteiger partial charge in [-0.15, -0.1) is 0 Å². The molecule has 1 aromatic carbocycles. The number of carbonyl (C=O) groups is 2. The van der Waals surface area contributed by atoms with Crippen LogP contribution in [-0.4, -0.2) is 26.7 Å². The first-order chi connectivity index (χ1) is 14.3. The fourth-order valence-electron chi connectivity index (χ4n) is 3.49. The van der Waals surface area contributed by atoms with Gasteiger partial charge in [0.05, 0.1) is 22.6 Å². The SMILES string of the molecule is Cc1cc(Nc2cc(N[C@@]3(C(N)=O)C[C@@H]3c3cccnc3)c(F)cc2C(N)=O)sn1. The Balaban J connectivity index is 1.69. The van der Waals surface area contributed by atoms with E-state index in [1.807, 2.05) is 13.0 Å². The van der Waals surface area contributed by atoms with Crippen molar-refractivity contribution in [3.8, 4) is 0 Å². The van der Waals surface area contributed by atoms with Gasteiger partial charge in [-0.2, -0.15) is 4.37 Å². The lowest BCUT2D eigenvalue weighted by Crippen LogP contribution is -2.39. The molecule has 8 nitrogen and oxygen atoms in total. The van der Waals surface area contributed by atoms with E-state index in [-0.39, 0.29) is 17.2 Å². The van der Waals surface area contributed by atoms with E-state index in [1.54, 1.807) is 24.5 Å². The zero-order chi connectivity index (χ0) is 21.5. The molecular formula is C20H19FN6O2S. The third-order valence-electron chi connectivity index (χ3n) is 5.10. The van der Waals surface area contributed by atoms with E-state index in [9.17, 15) is 14.0 Å². The summed E-state index contributed by atoms with van der Waals surface area (Å²) in [5.41, 5.74) is 11.9. The van der Waals surface area contributed by atoms with Crippen LogP contribution in [0.4, 0.5) is 20.8 Å². The summed E-state index contributed by atoms with van der Waals surface area (Å²) in [6.45, 7) is 1.83. The summed E-state index contributed by atoms with van der Waals surface area (Å²) < 4.78 is 19.0. The van der Waals surface area contributed by atoms with Crippen LogP contribution in [0.2, 0.25) is 0 Å². The lowest BCUT2D eigenvalue weighted by Gasteiger charge is -2.20. The predicted octanol–water partition coefficient (Wildman–Crippen LogP) is 2.65. The highest BCUT2D eigenvalue weighted by Crippen LogP contribution is 2.53. The van der Waals surface area contributed by atoms with E-state index in [0.717, 1.165) is 17.3 Å². The summed E-state index contributed by atoms with van der Waals surface area (Å²) in [5.74, 6) is -2.33. The highest BCUT2D eigenvalue weighted by Gasteiger charge is 2.60. The number of pyridine rings is 1. The van der Waals surface area contributed by atoms with Crippen LogP contribution < -0.4 is 22.1 Å². The van der Waals surface area contributed by atoms with Crippen LogP contribution in [0.5, 0.6) is 0 Å². The lowest BCUT2D eigenvalue weighted by atomic mass is 10.1. The number of aromatic nitrogens is 2. The summed E-state index contributed by atoms with van der Waals surface area (Å²) in [5, 5.41) is 6.67. The van der Waals surface area contributed by atoms with Gasteiger partial charge in [0.25, 0.3) is 5.91 Å². The zero-order valence-electron chi connectivity index (χ0n) is 16.0. The van der Waals surface area contributed by atoms with Crippen molar-refractivity contribution in [2.75, 3.05) is 10.6 Å². The summed E-state index contributed by atoms with van der Waals surface area (Å²) in [4.78, 5) is 28.2. The third kappa shape index (κ3) is 3.57. The van der Waals surface area contributed by atoms with Gasteiger partial charge in [0.15, 0.2) is 0 Å². The first kappa shape index (κ1) is 19.8. The second-order valence-corrected chi connectivity index (χ2v) is 8.01. The number of amides is 2. The molecule has 154 valence electrons. The minimum Gasteiger partial charge on any atom is -0.368 e. The van der Waals surface area contributed by atoms with Crippen LogP contribution in [0.3, 0.4) is 0 Å². The van der Waals surface area contributed by atoms with Crippen LogP contribution in [0, 0.1) is 12.7 Å². The van der Waals surface area contributed by atoms with Crippen molar-refractivity contribution < 1.29 is 14.0 Å². The Morgan fingerprint density at radius 1 is 1.27 bits per heavy atom. The number of aryl methyl sites for hydroxylation is 1. The molecule has 2 aromatic heterocycles. The summed E-state index contributed by atoms with van der Waals surface area (Å²) >= 11 is 1.19. The summed E-state index contributed by atoms with van der Waals surface area (Å²) in [6.07, 6.45) is 3.69. The molecule has 2 atom stereocenters. The van der Waals surface area contributed by atoms with Gasteiger partial charge in [-0.3, -0.25) is 14.6 Å². The standard InChI is InChI=1S/C20H19FN6O2S/c1-10-5-17(30-27-10)25-15-7-16(14(21)6-12(15)18(22)28)26-20(19(23)29)8-13(20)11-3-2-4-24-9-11/h2-7,9,13,25-26H,8H2,1H3,(H2,22,28)(H2,23,29)/t13-,20+/m1/s1. The number of rotatable bonds is 7. The third-order valence-corrected chi connectivity index (χ3v) is 5.90. The Hall–Kier alpha value is -3.53.